The van der Waals surface area contributed by atoms with Crippen LogP contribution in [0.5, 0.6) is 5.75 Å². The number of carbonyl (C=O) groups is 3. The van der Waals surface area contributed by atoms with Gasteiger partial charge in [0.2, 0.25) is 5.91 Å². The van der Waals surface area contributed by atoms with Crippen molar-refractivity contribution in [1.82, 2.24) is 5.32 Å². The summed E-state index contributed by atoms with van der Waals surface area (Å²) < 4.78 is 5.15. The molecule has 1 unspecified atom stereocenters. The molecule has 0 aromatic heterocycles. The highest BCUT2D eigenvalue weighted by Gasteiger charge is 2.17. The second-order valence-electron chi connectivity index (χ2n) is 8.89. The van der Waals surface area contributed by atoms with Crippen LogP contribution in [0.1, 0.15) is 22.8 Å². The predicted octanol–water partition coefficient (Wildman–Crippen LogP) is 6.88. The van der Waals surface area contributed by atoms with Crippen LogP contribution in [0.25, 0.3) is 6.08 Å². The average molecular weight is 586 g/mol. The minimum Gasteiger partial charge on any atom is -0.497 e. The molecule has 0 bridgehead atoms. The van der Waals surface area contributed by atoms with Crippen molar-refractivity contribution in [3.8, 4) is 5.75 Å². The van der Waals surface area contributed by atoms with Gasteiger partial charge in [0, 0.05) is 26.9 Å². The van der Waals surface area contributed by atoms with E-state index in [0.717, 1.165) is 4.90 Å². The van der Waals surface area contributed by atoms with Crippen molar-refractivity contribution in [2.24, 2.45) is 0 Å². The molecule has 0 saturated heterocycles. The Morgan fingerprint density at radius 3 is 2.22 bits per heavy atom. The van der Waals surface area contributed by atoms with Crippen molar-refractivity contribution in [3.05, 3.63) is 125 Å². The fraction of sp³-hybridized carbons (Fsp3) is 0.0938. The van der Waals surface area contributed by atoms with Gasteiger partial charge in [-0.25, -0.2) is 0 Å². The van der Waals surface area contributed by atoms with Gasteiger partial charge in [0.25, 0.3) is 11.8 Å². The zero-order valence-corrected chi connectivity index (χ0v) is 24.0. The maximum Gasteiger partial charge on any atom is 0.272 e. The molecule has 0 radical (unpaired) electrons. The van der Waals surface area contributed by atoms with Crippen LogP contribution in [0.3, 0.4) is 0 Å². The predicted molar refractivity (Wildman–Crippen MR) is 165 cm³/mol. The fourth-order valence-corrected chi connectivity index (χ4v) is 4.74. The summed E-state index contributed by atoms with van der Waals surface area (Å²) in [5, 5.41) is 8.61. The maximum absolute atomic E-state index is 13.3. The maximum atomic E-state index is 13.3. The molecule has 3 N–H and O–H groups in total. The first-order valence-electron chi connectivity index (χ1n) is 12.7. The van der Waals surface area contributed by atoms with Crippen LogP contribution in [0.2, 0.25) is 5.02 Å². The molecule has 208 valence electrons. The summed E-state index contributed by atoms with van der Waals surface area (Å²) in [4.78, 5) is 39.7. The molecule has 0 fully saturated rings. The van der Waals surface area contributed by atoms with Crippen LogP contribution in [0, 0.1) is 0 Å². The van der Waals surface area contributed by atoms with Gasteiger partial charge in [-0.05, 0) is 85.3 Å². The van der Waals surface area contributed by atoms with Crippen LogP contribution in [-0.4, -0.2) is 30.1 Å². The number of ether oxygens (including phenoxy) is 1. The summed E-state index contributed by atoms with van der Waals surface area (Å²) in [7, 11) is 1.58. The van der Waals surface area contributed by atoms with Gasteiger partial charge >= 0.3 is 0 Å². The van der Waals surface area contributed by atoms with Crippen molar-refractivity contribution >= 4 is 58.5 Å². The summed E-state index contributed by atoms with van der Waals surface area (Å²) in [6.07, 6.45) is 1.58. The Bertz CT molecular complexity index is 1540. The Morgan fingerprint density at radius 1 is 0.829 bits per heavy atom. The van der Waals surface area contributed by atoms with Gasteiger partial charge in [-0.2, -0.15) is 0 Å². The van der Waals surface area contributed by atoms with Crippen LogP contribution >= 0.6 is 23.4 Å². The molecule has 0 saturated carbocycles. The van der Waals surface area contributed by atoms with Crippen LogP contribution in [0.4, 0.5) is 11.4 Å². The first-order chi connectivity index (χ1) is 19.8. The monoisotopic (exact) mass is 585 g/mol. The van der Waals surface area contributed by atoms with Gasteiger partial charge in [-0.1, -0.05) is 48.0 Å². The molecule has 4 aromatic rings. The molecule has 0 spiro atoms. The number of nitrogens with one attached hydrogen (secondary N) is 3. The molecule has 1 atom stereocenters. The van der Waals surface area contributed by atoms with Crippen molar-refractivity contribution < 1.29 is 19.1 Å². The molecule has 41 heavy (non-hydrogen) atoms. The molecule has 0 aliphatic rings. The van der Waals surface area contributed by atoms with E-state index >= 15 is 0 Å². The zero-order valence-electron chi connectivity index (χ0n) is 22.4. The summed E-state index contributed by atoms with van der Waals surface area (Å²) in [5.41, 5.74) is 2.35. The fourth-order valence-electron chi connectivity index (χ4n) is 3.69. The third-order valence-electron chi connectivity index (χ3n) is 5.84. The first-order valence-corrected chi connectivity index (χ1v) is 13.9. The zero-order chi connectivity index (χ0) is 29.2. The van der Waals surface area contributed by atoms with Gasteiger partial charge < -0.3 is 20.7 Å². The van der Waals surface area contributed by atoms with E-state index in [4.69, 9.17) is 16.3 Å². The average Bonchev–Trinajstić information content (AvgIpc) is 2.98. The number of thioether (sulfide) groups is 1. The highest BCUT2D eigenvalue weighted by atomic mass is 35.5. The number of methoxy groups -OCH3 is 1. The standard InChI is InChI=1S/C32H28ClN3O4S/c1-21(30(37)34-25-15-17-27(40-2)18-16-25)41-28-10-6-9-26(20-28)35-32(39)29(19-22-11-13-24(33)14-12-22)36-31(38)23-7-4-3-5-8-23/h3-21H,1-2H3,(H,34,37)(H,35,39)(H,36,38)/b29-19-. The summed E-state index contributed by atoms with van der Waals surface area (Å²) in [6, 6.07) is 29.8. The van der Waals surface area contributed by atoms with Gasteiger partial charge in [-0.3, -0.25) is 14.4 Å². The van der Waals surface area contributed by atoms with E-state index in [9.17, 15) is 14.4 Å². The normalized spacial score (nSPS) is 11.7. The minimum atomic E-state index is -0.503. The minimum absolute atomic E-state index is 0.0615. The lowest BCUT2D eigenvalue weighted by molar-refractivity contribution is -0.115. The third-order valence-corrected chi connectivity index (χ3v) is 7.19. The molecule has 0 aliphatic heterocycles. The molecule has 0 aliphatic carbocycles. The second-order valence-corrected chi connectivity index (χ2v) is 10.7. The number of hydrogen-bond acceptors (Lipinski definition) is 5. The number of amides is 3. The lowest BCUT2D eigenvalue weighted by atomic mass is 10.1. The lowest BCUT2D eigenvalue weighted by Crippen LogP contribution is -2.30. The van der Waals surface area contributed by atoms with Crippen LogP contribution in [0.15, 0.2) is 114 Å². The second kappa shape index (κ2) is 14.2. The van der Waals surface area contributed by atoms with Gasteiger partial charge in [0.05, 0.1) is 12.4 Å². The first kappa shape index (κ1) is 29.5. The number of halogens is 1. The van der Waals surface area contributed by atoms with Gasteiger partial charge in [-0.15, -0.1) is 11.8 Å². The Kier molecular flexibility index (Phi) is 10.2. The molecule has 4 aromatic carbocycles. The van der Waals surface area contributed by atoms with Gasteiger partial charge in [0.1, 0.15) is 11.4 Å². The summed E-state index contributed by atoms with van der Waals surface area (Å²) in [6.45, 7) is 1.81. The number of benzene rings is 4. The van der Waals surface area contributed by atoms with Crippen molar-refractivity contribution in [1.29, 1.82) is 0 Å². The number of anilines is 2. The van der Waals surface area contributed by atoms with E-state index < -0.39 is 17.1 Å². The summed E-state index contributed by atoms with van der Waals surface area (Å²) in [5.74, 6) is -0.375. The van der Waals surface area contributed by atoms with Gasteiger partial charge in [0.15, 0.2) is 0 Å². The molecule has 3 amide bonds. The molecular weight excluding hydrogens is 558 g/mol. The quantitative estimate of drug-likeness (QED) is 0.139. The Morgan fingerprint density at radius 2 is 1.54 bits per heavy atom. The van der Waals surface area contributed by atoms with E-state index in [0.29, 0.717) is 33.3 Å². The molecule has 9 heteroatoms. The Labute approximate surface area is 248 Å². The molecule has 7 nitrogen and oxygen atoms in total. The number of rotatable bonds is 10. The molecule has 4 rings (SSSR count). The topological polar surface area (TPSA) is 96.5 Å². The Balaban J connectivity index is 1.46. The van der Waals surface area contributed by atoms with E-state index in [2.05, 4.69) is 16.0 Å². The largest absolute Gasteiger partial charge is 0.497 e. The lowest BCUT2D eigenvalue weighted by Gasteiger charge is -2.14. The van der Waals surface area contributed by atoms with Crippen LogP contribution < -0.4 is 20.7 Å². The van der Waals surface area contributed by atoms with E-state index in [1.165, 1.54) is 11.8 Å². The molecular formula is C32H28ClN3O4S. The number of hydrogen-bond donors (Lipinski definition) is 3. The van der Waals surface area contributed by atoms with E-state index in [-0.39, 0.29) is 11.6 Å². The van der Waals surface area contributed by atoms with E-state index in [1.54, 1.807) is 111 Å². The highest BCUT2D eigenvalue weighted by Crippen LogP contribution is 2.27. The van der Waals surface area contributed by atoms with Crippen molar-refractivity contribution in [2.45, 2.75) is 17.1 Å². The SMILES string of the molecule is COc1ccc(NC(=O)C(C)Sc2cccc(NC(=O)/C(=C/c3ccc(Cl)cc3)NC(=O)c3ccccc3)c2)cc1. The summed E-state index contributed by atoms with van der Waals surface area (Å²) >= 11 is 7.36. The van der Waals surface area contributed by atoms with Crippen LogP contribution in [-0.2, 0) is 9.59 Å². The highest BCUT2D eigenvalue weighted by molar-refractivity contribution is 8.00. The third kappa shape index (κ3) is 8.73. The smallest absolute Gasteiger partial charge is 0.272 e. The number of carbonyl (C=O) groups excluding carboxylic acids is 3. The van der Waals surface area contributed by atoms with Crippen molar-refractivity contribution in [3.63, 3.8) is 0 Å². The van der Waals surface area contributed by atoms with Crippen molar-refractivity contribution in [2.75, 3.05) is 17.7 Å². The molecule has 0 heterocycles. The Hall–Kier alpha value is -4.53. The van der Waals surface area contributed by atoms with E-state index in [1.807, 2.05) is 12.1 Å².